The highest BCUT2D eigenvalue weighted by Crippen LogP contribution is 2.22. The van der Waals surface area contributed by atoms with Crippen molar-refractivity contribution in [3.05, 3.63) is 60.2 Å². The zero-order chi connectivity index (χ0) is 20.5. The third kappa shape index (κ3) is 6.33. The zero-order valence-corrected chi connectivity index (χ0v) is 16.2. The number of aromatic nitrogens is 2. The molecule has 0 aliphatic carbocycles. The number of ether oxygens (including phenoxy) is 1. The van der Waals surface area contributed by atoms with E-state index >= 15 is 0 Å². The van der Waals surface area contributed by atoms with E-state index in [0.717, 1.165) is 12.0 Å². The van der Waals surface area contributed by atoms with Crippen LogP contribution in [0.3, 0.4) is 0 Å². The average Bonchev–Trinajstić information content (AvgIpc) is 2.76. The first-order chi connectivity index (χ1) is 14.2. The Morgan fingerprint density at radius 3 is 2.45 bits per heavy atom. The smallest absolute Gasteiger partial charge is 0.251 e. The van der Waals surface area contributed by atoms with E-state index in [0.29, 0.717) is 24.9 Å². The van der Waals surface area contributed by atoms with Crippen LogP contribution in [0.4, 0.5) is 0 Å². The number of nitrogens with zero attached hydrogens (tertiary/aromatic N) is 2. The fourth-order valence-electron chi connectivity index (χ4n) is 3.38. The monoisotopic (exact) mass is 398 g/mol. The van der Waals surface area contributed by atoms with Gasteiger partial charge in [-0.3, -0.25) is 19.6 Å². The lowest BCUT2D eigenvalue weighted by Crippen LogP contribution is -2.51. The largest absolute Gasteiger partial charge is 0.394 e. The van der Waals surface area contributed by atoms with Crippen molar-refractivity contribution in [1.82, 2.24) is 20.6 Å². The van der Waals surface area contributed by atoms with Crippen LogP contribution < -0.4 is 10.6 Å². The van der Waals surface area contributed by atoms with Gasteiger partial charge in [0.15, 0.2) is 0 Å². The van der Waals surface area contributed by atoms with Crippen molar-refractivity contribution >= 4 is 11.8 Å². The molecular weight excluding hydrogens is 372 g/mol. The summed E-state index contributed by atoms with van der Waals surface area (Å²) in [7, 11) is 0. The number of hydrogen-bond donors (Lipinski definition) is 3. The van der Waals surface area contributed by atoms with Crippen molar-refractivity contribution in [2.75, 3.05) is 13.2 Å². The van der Waals surface area contributed by atoms with Crippen molar-refractivity contribution in [2.24, 2.45) is 0 Å². The van der Waals surface area contributed by atoms with Gasteiger partial charge in [0.2, 0.25) is 5.91 Å². The minimum absolute atomic E-state index is 0.0833. The van der Waals surface area contributed by atoms with Crippen LogP contribution in [0.5, 0.6) is 0 Å². The van der Waals surface area contributed by atoms with Crippen molar-refractivity contribution in [3.63, 3.8) is 0 Å². The maximum atomic E-state index is 12.3. The van der Waals surface area contributed by atoms with Crippen molar-refractivity contribution in [2.45, 2.75) is 43.9 Å². The molecule has 0 spiro atoms. The molecule has 154 valence electrons. The molecule has 1 aliphatic heterocycles. The van der Waals surface area contributed by atoms with Crippen LogP contribution in [0, 0.1) is 0 Å². The second kappa shape index (κ2) is 10.6. The highest BCUT2D eigenvalue weighted by molar-refractivity contribution is 5.94. The van der Waals surface area contributed by atoms with E-state index in [2.05, 4.69) is 20.6 Å². The molecule has 2 aromatic rings. The molecule has 2 amide bonds. The number of rotatable bonds is 8. The van der Waals surface area contributed by atoms with Crippen LogP contribution in [0.15, 0.2) is 49.1 Å². The lowest BCUT2D eigenvalue weighted by molar-refractivity contribution is -0.130. The zero-order valence-electron chi connectivity index (χ0n) is 16.2. The van der Waals surface area contributed by atoms with Crippen molar-refractivity contribution in [3.8, 4) is 0 Å². The van der Waals surface area contributed by atoms with E-state index in [9.17, 15) is 14.7 Å². The van der Waals surface area contributed by atoms with Gasteiger partial charge in [-0.2, -0.15) is 0 Å². The number of aliphatic hydroxyl groups excluding tert-OH is 1. The van der Waals surface area contributed by atoms with Crippen LogP contribution >= 0.6 is 0 Å². The molecule has 8 heteroatoms. The summed E-state index contributed by atoms with van der Waals surface area (Å²) >= 11 is 0. The number of hydrogen-bond acceptors (Lipinski definition) is 6. The first kappa shape index (κ1) is 20.9. The molecule has 1 fully saturated rings. The summed E-state index contributed by atoms with van der Waals surface area (Å²) in [5.41, 5.74) is 1.62. The van der Waals surface area contributed by atoms with Gasteiger partial charge in [-0.25, -0.2) is 0 Å². The lowest BCUT2D eigenvalue weighted by Gasteiger charge is -2.36. The first-order valence-electron chi connectivity index (χ1n) is 9.78. The van der Waals surface area contributed by atoms with Crippen LogP contribution in [-0.4, -0.2) is 58.3 Å². The summed E-state index contributed by atoms with van der Waals surface area (Å²) in [5.74, 6) is -0.313. The molecule has 3 heterocycles. The van der Waals surface area contributed by atoms with Gasteiger partial charge < -0.3 is 20.5 Å². The summed E-state index contributed by atoms with van der Waals surface area (Å²) in [6.07, 6.45) is 7.99. The van der Waals surface area contributed by atoms with Gasteiger partial charge in [-0.1, -0.05) is 0 Å². The van der Waals surface area contributed by atoms with E-state index in [1.807, 2.05) is 12.1 Å². The van der Waals surface area contributed by atoms with Gasteiger partial charge in [0.25, 0.3) is 5.91 Å². The molecule has 3 rings (SSSR count). The van der Waals surface area contributed by atoms with Crippen molar-refractivity contribution in [1.29, 1.82) is 0 Å². The SMILES string of the molecule is O=C(C[C@@H]1CC[C@@H](NC(=O)c2ccncc2)[C@@H](CO)O1)NCCc1ccncc1. The molecule has 3 atom stereocenters. The van der Waals surface area contributed by atoms with Gasteiger partial charge in [0.1, 0.15) is 6.10 Å². The molecule has 29 heavy (non-hydrogen) atoms. The minimum atomic E-state index is -0.538. The number of carbonyl (C=O) groups excluding carboxylic acids is 2. The Hall–Kier alpha value is -2.84. The van der Waals surface area contributed by atoms with Gasteiger partial charge in [-0.05, 0) is 49.1 Å². The van der Waals surface area contributed by atoms with E-state index in [4.69, 9.17) is 4.74 Å². The lowest BCUT2D eigenvalue weighted by atomic mass is 9.96. The molecule has 1 aliphatic rings. The Bertz CT molecular complexity index is 788. The number of carbonyl (C=O) groups is 2. The summed E-state index contributed by atoms with van der Waals surface area (Å²) in [6, 6.07) is 6.80. The second-order valence-electron chi connectivity index (χ2n) is 7.03. The summed E-state index contributed by atoms with van der Waals surface area (Å²) in [4.78, 5) is 32.4. The number of amides is 2. The second-order valence-corrected chi connectivity index (χ2v) is 7.03. The Labute approximate surface area is 169 Å². The molecule has 0 saturated carbocycles. The highest BCUT2D eigenvalue weighted by Gasteiger charge is 2.33. The molecule has 2 aromatic heterocycles. The number of pyridine rings is 2. The fourth-order valence-corrected chi connectivity index (χ4v) is 3.38. The van der Waals surface area contributed by atoms with E-state index in [1.54, 1.807) is 36.9 Å². The minimum Gasteiger partial charge on any atom is -0.394 e. The Morgan fingerprint density at radius 2 is 1.76 bits per heavy atom. The van der Waals surface area contributed by atoms with Crippen LogP contribution in [0.1, 0.15) is 35.2 Å². The van der Waals surface area contributed by atoms with E-state index < -0.39 is 6.10 Å². The molecule has 0 radical (unpaired) electrons. The normalized spacial score (nSPS) is 21.3. The molecular formula is C21H26N4O4. The molecule has 0 unspecified atom stereocenters. The van der Waals surface area contributed by atoms with Gasteiger partial charge >= 0.3 is 0 Å². The third-order valence-electron chi connectivity index (χ3n) is 4.95. The number of nitrogens with one attached hydrogen (secondary N) is 2. The van der Waals surface area contributed by atoms with E-state index in [-0.39, 0.29) is 37.0 Å². The van der Waals surface area contributed by atoms with Crippen LogP contribution in [0.2, 0.25) is 0 Å². The number of aliphatic hydroxyl groups is 1. The topological polar surface area (TPSA) is 113 Å². The standard InChI is InChI=1S/C21H26N4O4/c26-14-19-18(25-21(28)16-6-10-23-11-7-16)2-1-17(29-19)13-20(27)24-12-5-15-3-8-22-9-4-15/h3-4,6-11,17-19,26H,1-2,5,12-14H2,(H,24,27)(H,25,28)/t17-,18+,19+/m0/s1. The van der Waals surface area contributed by atoms with Crippen LogP contribution in [-0.2, 0) is 16.0 Å². The summed E-state index contributed by atoms with van der Waals surface area (Å²) in [5, 5.41) is 15.5. The molecule has 0 bridgehead atoms. The van der Waals surface area contributed by atoms with Gasteiger partial charge in [0.05, 0.1) is 25.2 Å². The maximum Gasteiger partial charge on any atom is 0.251 e. The average molecular weight is 398 g/mol. The molecule has 8 nitrogen and oxygen atoms in total. The van der Waals surface area contributed by atoms with Crippen molar-refractivity contribution < 1.29 is 19.4 Å². The summed E-state index contributed by atoms with van der Waals surface area (Å²) < 4.78 is 5.87. The third-order valence-corrected chi connectivity index (χ3v) is 4.95. The quantitative estimate of drug-likeness (QED) is 0.608. The van der Waals surface area contributed by atoms with Crippen LogP contribution in [0.25, 0.3) is 0 Å². The first-order valence-corrected chi connectivity index (χ1v) is 9.78. The fraction of sp³-hybridized carbons (Fsp3) is 0.429. The predicted octanol–water partition coefficient (Wildman–Crippen LogP) is 0.864. The molecule has 3 N–H and O–H groups in total. The van der Waals surface area contributed by atoms with Gasteiger partial charge in [-0.15, -0.1) is 0 Å². The predicted molar refractivity (Wildman–Crippen MR) is 106 cm³/mol. The maximum absolute atomic E-state index is 12.3. The summed E-state index contributed by atoms with van der Waals surface area (Å²) in [6.45, 7) is 0.324. The molecule has 1 saturated heterocycles. The molecule has 0 aromatic carbocycles. The highest BCUT2D eigenvalue weighted by atomic mass is 16.5. The van der Waals surface area contributed by atoms with E-state index in [1.165, 1.54) is 0 Å². The van der Waals surface area contributed by atoms with Gasteiger partial charge in [0, 0.05) is 36.9 Å². The Kier molecular flexibility index (Phi) is 7.66. The Balaban J connectivity index is 1.42. The Morgan fingerprint density at radius 1 is 1.07 bits per heavy atom.